The van der Waals surface area contributed by atoms with Gasteiger partial charge in [-0.05, 0) is 19.4 Å². The summed E-state index contributed by atoms with van der Waals surface area (Å²) in [4.78, 5) is 11.1. The molecule has 0 aromatic carbocycles. The molecule has 0 aliphatic rings. The van der Waals surface area contributed by atoms with Crippen LogP contribution in [0.25, 0.3) is 0 Å². The third kappa shape index (κ3) is 4.79. The highest BCUT2D eigenvalue weighted by Crippen LogP contribution is 1.98. The standard InChI is InChI=1S/C8H18N2O/c1-3-7(2)8(11)10-6-4-5-9/h7H,3-6,9H2,1-2H3,(H,10,11)/t7-/m0/s1. The zero-order chi connectivity index (χ0) is 8.69. The van der Waals surface area contributed by atoms with Gasteiger partial charge >= 0.3 is 0 Å². The van der Waals surface area contributed by atoms with Crippen molar-refractivity contribution in [3.8, 4) is 0 Å². The summed E-state index contributed by atoms with van der Waals surface area (Å²) >= 11 is 0. The van der Waals surface area contributed by atoms with E-state index in [1.54, 1.807) is 0 Å². The Morgan fingerprint density at radius 3 is 2.73 bits per heavy atom. The number of rotatable bonds is 5. The van der Waals surface area contributed by atoms with Gasteiger partial charge in [-0.1, -0.05) is 13.8 Å². The number of nitrogens with two attached hydrogens (primary N) is 1. The average Bonchev–Trinajstić information content (AvgIpc) is 2.03. The van der Waals surface area contributed by atoms with E-state index in [1.165, 1.54) is 0 Å². The molecule has 0 aliphatic carbocycles. The molecule has 0 bridgehead atoms. The van der Waals surface area contributed by atoms with Crippen LogP contribution in [-0.4, -0.2) is 19.0 Å². The van der Waals surface area contributed by atoms with E-state index in [2.05, 4.69) is 5.32 Å². The first-order chi connectivity index (χ1) is 5.22. The Hall–Kier alpha value is -0.570. The molecule has 11 heavy (non-hydrogen) atoms. The van der Waals surface area contributed by atoms with Crippen LogP contribution in [0.2, 0.25) is 0 Å². The Balaban J connectivity index is 3.36. The summed E-state index contributed by atoms with van der Waals surface area (Å²) in [6.45, 7) is 5.28. The smallest absolute Gasteiger partial charge is 0.222 e. The second-order valence-corrected chi connectivity index (χ2v) is 2.74. The van der Waals surface area contributed by atoms with E-state index in [0.29, 0.717) is 13.1 Å². The van der Waals surface area contributed by atoms with Gasteiger partial charge in [-0.25, -0.2) is 0 Å². The monoisotopic (exact) mass is 158 g/mol. The molecule has 0 heterocycles. The highest BCUT2D eigenvalue weighted by molar-refractivity contribution is 5.78. The van der Waals surface area contributed by atoms with Gasteiger partial charge in [0, 0.05) is 12.5 Å². The Bertz CT molecular complexity index is 115. The van der Waals surface area contributed by atoms with Crippen LogP contribution >= 0.6 is 0 Å². The first-order valence-electron chi connectivity index (χ1n) is 4.20. The average molecular weight is 158 g/mol. The van der Waals surface area contributed by atoms with E-state index in [-0.39, 0.29) is 11.8 Å². The molecule has 1 amide bonds. The molecule has 3 N–H and O–H groups in total. The first kappa shape index (κ1) is 10.4. The van der Waals surface area contributed by atoms with Gasteiger partial charge < -0.3 is 11.1 Å². The van der Waals surface area contributed by atoms with Crippen LogP contribution in [0.1, 0.15) is 26.7 Å². The van der Waals surface area contributed by atoms with E-state index in [9.17, 15) is 4.79 Å². The third-order valence-electron chi connectivity index (χ3n) is 1.74. The lowest BCUT2D eigenvalue weighted by Crippen LogP contribution is -2.30. The normalized spacial score (nSPS) is 12.6. The van der Waals surface area contributed by atoms with Crippen LogP contribution in [-0.2, 0) is 4.79 Å². The first-order valence-corrected chi connectivity index (χ1v) is 4.20. The molecule has 0 aromatic heterocycles. The summed E-state index contributed by atoms with van der Waals surface area (Å²) in [5.41, 5.74) is 5.27. The van der Waals surface area contributed by atoms with E-state index < -0.39 is 0 Å². The fourth-order valence-corrected chi connectivity index (χ4v) is 0.673. The van der Waals surface area contributed by atoms with Crippen molar-refractivity contribution in [1.82, 2.24) is 5.32 Å². The summed E-state index contributed by atoms with van der Waals surface area (Å²) in [5, 5.41) is 2.82. The third-order valence-corrected chi connectivity index (χ3v) is 1.74. The van der Waals surface area contributed by atoms with Gasteiger partial charge in [0.15, 0.2) is 0 Å². The molecular formula is C8H18N2O. The zero-order valence-corrected chi connectivity index (χ0v) is 7.39. The molecule has 0 saturated carbocycles. The quantitative estimate of drug-likeness (QED) is 0.572. The molecule has 66 valence electrons. The van der Waals surface area contributed by atoms with Gasteiger partial charge in [0.25, 0.3) is 0 Å². The fraction of sp³-hybridized carbons (Fsp3) is 0.875. The maximum atomic E-state index is 11.1. The van der Waals surface area contributed by atoms with E-state index in [0.717, 1.165) is 12.8 Å². The minimum atomic E-state index is 0.132. The van der Waals surface area contributed by atoms with Gasteiger partial charge in [-0.2, -0.15) is 0 Å². The molecule has 3 heteroatoms. The van der Waals surface area contributed by atoms with Crippen molar-refractivity contribution in [2.75, 3.05) is 13.1 Å². The van der Waals surface area contributed by atoms with Crippen molar-refractivity contribution in [2.24, 2.45) is 11.7 Å². The summed E-state index contributed by atoms with van der Waals surface area (Å²) in [5.74, 6) is 0.272. The van der Waals surface area contributed by atoms with Crippen LogP contribution < -0.4 is 11.1 Å². The number of amides is 1. The van der Waals surface area contributed by atoms with Crippen LogP contribution in [0, 0.1) is 5.92 Å². The topological polar surface area (TPSA) is 55.1 Å². The molecule has 0 radical (unpaired) electrons. The molecule has 0 aromatic rings. The summed E-state index contributed by atoms with van der Waals surface area (Å²) in [6.07, 6.45) is 1.76. The van der Waals surface area contributed by atoms with Crippen LogP contribution in [0.3, 0.4) is 0 Å². The Kier molecular flexibility index (Phi) is 5.84. The van der Waals surface area contributed by atoms with Gasteiger partial charge in [0.2, 0.25) is 5.91 Å². The number of hydrogen-bond acceptors (Lipinski definition) is 2. The minimum absolute atomic E-state index is 0.132. The van der Waals surface area contributed by atoms with Crippen LogP contribution in [0.5, 0.6) is 0 Å². The Labute approximate surface area is 68.3 Å². The second kappa shape index (κ2) is 6.16. The summed E-state index contributed by atoms with van der Waals surface area (Å²) in [7, 11) is 0. The van der Waals surface area contributed by atoms with Crippen molar-refractivity contribution < 1.29 is 4.79 Å². The largest absolute Gasteiger partial charge is 0.356 e. The Morgan fingerprint density at radius 2 is 2.27 bits per heavy atom. The molecule has 3 nitrogen and oxygen atoms in total. The van der Waals surface area contributed by atoms with Gasteiger partial charge in [0.1, 0.15) is 0 Å². The second-order valence-electron chi connectivity index (χ2n) is 2.74. The number of carbonyl (C=O) groups excluding carboxylic acids is 1. The predicted molar refractivity (Wildman–Crippen MR) is 46.1 cm³/mol. The maximum absolute atomic E-state index is 11.1. The van der Waals surface area contributed by atoms with Gasteiger partial charge in [-0.15, -0.1) is 0 Å². The zero-order valence-electron chi connectivity index (χ0n) is 7.39. The van der Waals surface area contributed by atoms with Crippen molar-refractivity contribution >= 4 is 5.91 Å². The molecule has 0 unspecified atom stereocenters. The highest BCUT2D eigenvalue weighted by Gasteiger charge is 2.07. The lowest BCUT2D eigenvalue weighted by atomic mass is 10.1. The van der Waals surface area contributed by atoms with E-state index in [4.69, 9.17) is 5.73 Å². The van der Waals surface area contributed by atoms with Crippen LogP contribution in [0.4, 0.5) is 0 Å². The van der Waals surface area contributed by atoms with Crippen molar-refractivity contribution in [1.29, 1.82) is 0 Å². The minimum Gasteiger partial charge on any atom is -0.356 e. The molecule has 0 saturated heterocycles. The number of nitrogens with one attached hydrogen (secondary N) is 1. The predicted octanol–water partition coefficient (Wildman–Crippen LogP) is 0.497. The molecular weight excluding hydrogens is 140 g/mol. The maximum Gasteiger partial charge on any atom is 0.222 e. The van der Waals surface area contributed by atoms with Crippen molar-refractivity contribution in [3.63, 3.8) is 0 Å². The fourth-order valence-electron chi connectivity index (χ4n) is 0.673. The number of carbonyl (C=O) groups is 1. The lowest BCUT2D eigenvalue weighted by Gasteiger charge is -2.08. The SMILES string of the molecule is CC[C@H](C)C(=O)NCCCN. The van der Waals surface area contributed by atoms with Crippen molar-refractivity contribution in [2.45, 2.75) is 26.7 Å². The molecule has 1 atom stereocenters. The van der Waals surface area contributed by atoms with Gasteiger partial charge in [-0.3, -0.25) is 4.79 Å². The molecule has 0 fully saturated rings. The van der Waals surface area contributed by atoms with Crippen LogP contribution in [0.15, 0.2) is 0 Å². The molecule has 0 rings (SSSR count). The Morgan fingerprint density at radius 1 is 1.64 bits per heavy atom. The van der Waals surface area contributed by atoms with E-state index >= 15 is 0 Å². The van der Waals surface area contributed by atoms with Crippen molar-refractivity contribution in [3.05, 3.63) is 0 Å². The van der Waals surface area contributed by atoms with Gasteiger partial charge in [0.05, 0.1) is 0 Å². The lowest BCUT2D eigenvalue weighted by molar-refractivity contribution is -0.124. The summed E-state index contributed by atoms with van der Waals surface area (Å²) in [6, 6.07) is 0. The van der Waals surface area contributed by atoms with E-state index in [1.807, 2.05) is 13.8 Å². The highest BCUT2D eigenvalue weighted by atomic mass is 16.1. The number of hydrogen-bond donors (Lipinski definition) is 2. The molecule has 0 spiro atoms. The molecule has 0 aliphatic heterocycles. The summed E-state index contributed by atoms with van der Waals surface area (Å²) < 4.78 is 0.